The van der Waals surface area contributed by atoms with Gasteiger partial charge >= 0.3 is 0 Å². The van der Waals surface area contributed by atoms with Crippen LogP contribution in [0.3, 0.4) is 0 Å². The summed E-state index contributed by atoms with van der Waals surface area (Å²) >= 11 is 0. The van der Waals surface area contributed by atoms with Crippen molar-refractivity contribution in [3.63, 3.8) is 0 Å². The van der Waals surface area contributed by atoms with Crippen LogP contribution < -0.4 is 5.32 Å². The molecule has 0 aliphatic heterocycles. The standard InChI is InChI=1S/C16H15N3O2/c1-10-4-3-9-19-14(11(2)17-15(10)19)16(21)18-12-5-7-13(20)8-6-12/h3-9,20H,1-2H3,(H,18,21). The van der Waals surface area contributed by atoms with Gasteiger partial charge in [0.15, 0.2) is 0 Å². The van der Waals surface area contributed by atoms with Crippen LogP contribution in [0.1, 0.15) is 21.7 Å². The molecule has 0 radical (unpaired) electrons. The van der Waals surface area contributed by atoms with E-state index in [2.05, 4.69) is 10.3 Å². The highest BCUT2D eigenvalue weighted by Gasteiger charge is 2.17. The van der Waals surface area contributed by atoms with Gasteiger partial charge in [0.1, 0.15) is 17.1 Å². The zero-order valence-electron chi connectivity index (χ0n) is 11.8. The predicted octanol–water partition coefficient (Wildman–Crippen LogP) is 2.91. The molecular formula is C16H15N3O2. The summed E-state index contributed by atoms with van der Waals surface area (Å²) in [6, 6.07) is 10.2. The van der Waals surface area contributed by atoms with Gasteiger partial charge in [-0.1, -0.05) is 6.07 Å². The first-order valence-electron chi connectivity index (χ1n) is 6.61. The minimum Gasteiger partial charge on any atom is -0.508 e. The number of nitrogens with one attached hydrogen (secondary N) is 1. The zero-order chi connectivity index (χ0) is 15.0. The number of anilines is 1. The highest BCUT2D eigenvalue weighted by molar-refractivity contribution is 6.04. The number of carbonyl (C=O) groups is 1. The fraction of sp³-hybridized carbons (Fsp3) is 0.125. The molecule has 0 atom stereocenters. The highest BCUT2D eigenvalue weighted by Crippen LogP contribution is 2.18. The number of amides is 1. The molecule has 2 aromatic heterocycles. The first kappa shape index (κ1) is 13.2. The van der Waals surface area contributed by atoms with E-state index in [9.17, 15) is 9.90 Å². The maximum atomic E-state index is 12.5. The van der Waals surface area contributed by atoms with E-state index in [0.29, 0.717) is 17.1 Å². The molecule has 0 aliphatic rings. The Labute approximate surface area is 121 Å². The van der Waals surface area contributed by atoms with E-state index >= 15 is 0 Å². The Kier molecular flexibility index (Phi) is 3.10. The molecule has 3 aromatic rings. The summed E-state index contributed by atoms with van der Waals surface area (Å²) in [5, 5.41) is 12.1. The van der Waals surface area contributed by atoms with Gasteiger partial charge in [-0.15, -0.1) is 0 Å². The van der Waals surface area contributed by atoms with Crippen LogP contribution >= 0.6 is 0 Å². The largest absolute Gasteiger partial charge is 0.508 e. The van der Waals surface area contributed by atoms with Crippen molar-refractivity contribution < 1.29 is 9.90 Å². The van der Waals surface area contributed by atoms with E-state index in [4.69, 9.17) is 0 Å². The molecule has 5 heteroatoms. The average molecular weight is 281 g/mol. The average Bonchev–Trinajstić information content (AvgIpc) is 2.79. The molecule has 5 nitrogen and oxygen atoms in total. The van der Waals surface area contributed by atoms with Crippen molar-refractivity contribution in [2.45, 2.75) is 13.8 Å². The number of fused-ring (bicyclic) bond motifs is 1. The second-order valence-corrected chi connectivity index (χ2v) is 4.93. The molecule has 0 bridgehead atoms. The number of rotatable bonds is 2. The van der Waals surface area contributed by atoms with Crippen molar-refractivity contribution in [1.29, 1.82) is 0 Å². The Hall–Kier alpha value is -2.82. The maximum Gasteiger partial charge on any atom is 0.274 e. The Morgan fingerprint density at radius 1 is 1.19 bits per heavy atom. The molecule has 3 rings (SSSR count). The number of nitrogens with zero attached hydrogens (tertiary/aromatic N) is 2. The monoisotopic (exact) mass is 281 g/mol. The van der Waals surface area contributed by atoms with Crippen LogP contribution in [-0.2, 0) is 0 Å². The third-order valence-corrected chi connectivity index (χ3v) is 3.36. The predicted molar refractivity (Wildman–Crippen MR) is 80.7 cm³/mol. The van der Waals surface area contributed by atoms with E-state index in [1.54, 1.807) is 16.5 Å². The van der Waals surface area contributed by atoms with E-state index in [0.717, 1.165) is 11.2 Å². The maximum absolute atomic E-state index is 12.5. The molecule has 1 aromatic carbocycles. The highest BCUT2D eigenvalue weighted by atomic mass is 16.3. The fourth-order valence-electron chi connectivity index (χ4n) is 2.33. The molecule has 2 heterocycles. The van der Waals surface area contributed by atoms with Crippen molar-refractivity contribution >= 4 is 17.2 Å². The topological polar surface area (TPSA) is 66.6 Å². The summed E-state index contributed by atoms with van der Waals surface area (Å²) in [4.78, 5) is 16.9. The van der Waals surface area contributed by atoms with Crippen molar-refractivity contribution in [2.75, 3.05) is 5.32 Å². The second-order valence-electron chi connectivity index (χ2n) is 4.93. The first-order chi connectivity index (χ1) is 10.1. The Morgan fingerprint density at radius 2 is 1.90 bits per heavy atom. The van der Waals surface area contributed by atoms with Crippen LogP contribution in [0, 0.1) is 13.8 Å². The summed E-state index contributed by atoms with van der Waals surface area (Å²) in [7, 11) is 0. The summed E-state index contributed by atoms with van der Waals surface area (Å²) < 4.78 is 1.79. The van der Waals surface area contributed by atoms with Crippen LogP contribution in [0.5, 0.6) is 5.75 Å². The number of aromatic nitrogens is 2. The number of imidazole rings is 1. The first-order valence-corrected chi connectivity index (χ1v) is 6.61. The molecule has 21 heavy (non-hydrogen) atoms. The lowest BCUT2D eigenvalue weighted by Gasteiger charge is -2.06. The van der Waals surface area contributed by atoms with E-state index in [1.807, 2.05) is 32.2 Å². The van der Waals surface area contributed by atoms with Crippen LogP contribution in [0.25, 0.3) is 5.65 Å². The molecule has 0 saturated carbocycles. The Bertz CT molecular complexity index is 819. The van der Waals surface area contributed by atoms with Crippen molar-refractivity contribution in [1.82, 2.24) is 9.38 Å². The molecule has 0 unspecified atom stereocenters. The van der Waals surface area contributed by atoms with Gasteiger partial charge in [0, 0.05) is 11.9 Å². The van der Waals surface area contributed by atoms with Gasteiger partial charge in [-0.05, 0) is 49.7 Å². The van der Waals surface area contributed by atoms with E-state index in [-0.39, 0.29) is 11.7 Å². The number of phenolic OH excluding ortho intramolecular Hbond substituents is 1. The number of phenols is 1. The number of pyridine rings is 1. The zero-order valence-corrected chi connectivity index (χ0v) is 11.8. The molecule has 0 saturated heterocycles. The van der Waals surface area contributed by atoms with Crippen LogP contribution in [0.4, 0.5) is 5.69 Å². The Balaban J connectivity index is 2.00. The summed E-state index contributed by atoms with van der Waals surface area (Å²) in [5.41, 5.74) is 3.62. The molecule has 106 valence electrons. The Morgan fingerprint density at radius 3 is 2.62 bits per heavy atom. The number of hydrogen-bond donors (Lipinski definition) is 2. The van der Waals surface area contributed by atoms with Gasteiger partial charge in [-0.3, -0.25) is 9.20 Å². The lowest BCUT2D eigenvalue weighted by atomic mass is 10.2. The van der Waals surface area contributed by atoms with E-state index in [1.165, 1.54) is 12.1 Å². The molecule has 0 aliphatic carbocycles. The van der Waals surface area contributed by atoms with Crippen LogP contribution in [0.15, 0.2) is 42.6 Å². The summed E-state index contributed by atoms with van der Waals surface area (Å²) in [6.45, 7) is 3.78. The van der Waals surface area contributed by atoms with Gasteiger partial charge in [0.2, 0.25) is 0 Å². The molecule has 0 spiro atoms. The normalized spacial score (nSPS) is 10.8. The number of hydrogen-bond acceptors (Lipinski definition) is 3. The van der Waals surface area contributed by atoms with Crippen LogP contribution in [0.2, 0.25) is 0 Å². The lowest BCUT2D eigenvalue weighted by Crippen LogP contribution is -2.15. The molecule has 0 fully saturated rings. The van der Waals surface area contributed by atoms with Gasteiger partial charge in [-0.2, -0.15) is 0 Å². The number of aryl methyl sites for hydroxylation is 2. The summed E-state index contributed by atoms with van der Waals surface area (Å²) in [5.74, 6) is -0.0640. The van der Waals surface area contributed by atoms with Gasteiger partial charge < -0.3 is 10.4 Å². The van der Waals surface area contributed by atoms with Gasteiger partial charge in [0.05, 0.1) is 5.69 Å². The van der Waals surface area contributed by atoms with Gasteiger partial charge in [0.25, 0.3) is 5.91 Å². The fourth-order valence-corrected chi connectivity index (χ4v) is 2.33. The van der Waals surface area contributed by atoms with Crippen molar-refractivity contribution in [3.05, 3.63) is 59.5 Å². The van der Waals surface area contributed by atoms with Crippen LogP contribution in [-0.4, -0.2) is 20.4 Å². The molecule has 2 N–H and O–H groups in total. The molecule has 1 amide bonds. The third-order valence-electron chi connectivity index (χ3n) is 3.36. The minimum atomic E-state index is -0.226. The smallest absolute Gasteiger partial charge is 0.274 e. The SMILES string of the molecule is Cc1nc2c(C)cccn2c1C(=O)Nc1ccc(O)cc1. The number of aromatic hydroxyl groups is 1. The van der Waals surface area contributed by atoms with Gasteiger partial charge in [-0.25, -0.2) is 4.98 Å². The second kappa shape index (κ2) is 4.94. The van der Waals surface area contributed by atoms with E-state index < -0.39 is 0 Å². The number of carbonyl (C=O) groups excluding carboxylic acids is 1. The van der Waals surface area contributed by atoms with Crippen molar-refractivity contribution in [2.24, 2.45) is 0 Å². The molecular weight excluding hydrogens is 266 g/mol. The summed E-state index contributed by atoms with van der Waals surface area (Å²) in [6.07, 6.45) is 1.83. The number of benzene rings is 1. The lowest BCUT2D eigenvalue weighted by molar-refractivity contribution is 0.102. The minimum absolute atomic E-state index is 0.162. The third kappa shape index (κ3) is 2.33. The quantitative estimate of drug-likeness (QED) is 0.710. The van der Waals surface area contributed by atoms with Crippen molar-refractivity contribution in [3.8, 4) is 5.75 Å².